The number of rotatable bonds is 2. The lowest BCUT2D eigenvalue weighted by Gasteiger charge is -2.18. The summed E-state index contributed by atoms with van der Waals surface area (Å²) in [6, 6.07) is 9.46. The molecule has 0 aliphatic rings. The highest BCUT2D eigenvalue weighted by Gasteiger charge is 2.14. The molecule has 0 fully saturated rings. The Morgan fingerprint density at radius 1 is 1.21 bits per heavy atom. The van der Waals surface area contributed by atoms with Crippen molar-refractivity contribution in [3.63, 3.8) is 0 Å². The van der Waals surface area contributed by atoms with E-state index in [1.54, 1.807) is 6.07 Å². The van der Waals surface area contributed by atoms with Gasteiger partial charge in [-0.15, -0.1) is 0 Å². The molecule has 2 N–H and O–H groups in total. The predicted molar refractivity (Wildman–Crippen MR) is 76.4 cm³/mol. The summed E-state index contributed by atoms with van der Waals surface area (Å²) in [7, 11) is 0. The van der Waals surface area contributed by atoms with Gasteiger partial charge in [-0.1, -0.05) is 32.9 Å². The van der Waals surface area contributed by atoms with Crippen LogP contribution in [0.5, 0.6) is 0 Å². The van der Waals surface area contributed by atoms with Gasteiger partial charge in [-0.2, -0.15) is 5.10 Å². The lowest BCUT2D eigenvalue weighted by Crippen LogP contribution is -2.14. The first-order valence-electron chi connectivity index (χ1n) is 6.30. The van der Waals surface area contributed by atoms with E-state index >= 15 is 0 Å². The van der Waals surface area contributed by atoms with Gasteiger partial charge in [-0.3, -0.25) is 9.89 Å². The molecule has 2 aromatic rings. The van der Waals surface area contributed by atoms with Crippen molar-refractivity contribution in [1.82, 2.24) is 10.2 Å². The molecule has 4 heteroatoms. The van der Waals surface area contributed by atoms with Gasteiger partial charge in [0.05, 0.1) is 0 Å². The molecule has 19 heavy (non-hydrogen) atoms. The number of benzene rings is 1. The van der Waals surface area contributed by atoms with E-state index in [1.165, 1.54) is 5.56 Å². The van der Waals surface area contributed by atoms with Crippen molar-refractivity contribution in [1.29, 1.82) is 0 Å². The highest BCUT2D eigenvalue weighted by molar-refractivity contribution is 6.03. The van der Waals surface area contributed by atoms with Crippen molar-refractivity contribution in [3.05, 3.63) is 47.2 Å². The second-order valence-electron chi connectivity index (χ2n) is 5.72. The first-order chi connectivity index (χ1) is 8.86. The van der Waals surface area contributed by atoms with Crippen LogP contribution in [-0.2, 0) is 5.41 Å². The lowest BCUT2D eigenvalue weighted by atomic mass is 9.87. The van der Waals surface area contributed by atoms with E-state index in [1.807, 2.05) is 31.2 Å². The standard InChI is InChI=1S/C15H19N3O/c1-10-9-13(18-17-10)16-14(19)11-5-7-12(8-6-11)15(2,3)4/h5-9H,1-4H3,(H2,16,17,18,19). The van der Waals surface area contributed by atoms with Crippen LogP contribution in [0, 0.1) is 6.92 Å². The Morgan fingerprint density at radius 2 is 1.84 bits per heavy atom. The van der Waals surface area contributed by atoms with E-state index in [-0.39, 0.29) is 11.3 Å². The third-order valence-corrected chi connectivity index (χ3v) is 2.96. The summed E-state index contributed by atoms with van der Waals surface area (Å²) in [6.07, 6.45) is 0. The van der Waals surface area contributed by atoms with Crippen LogP contribution < -0.4 is 5.32 Å². The maximum Gasteiger partial charge on any atom is 0.256 e. The summed E-state index contributed by atoms with van der Waals surface area (Å²) in [6.45, 7) is 8.33. The molecule has 0 aliphatic carbocycles. The van der Waals surface area contributed by atoms with Crippen molar-refractivity contribution < 1.29 is 4.79 Å². The van der Waals surface area contributed by atoms with Gasteiger partial charge in [-0.25, -0.2) is 0 Å². The molecule has 4 nitrogen and oxygen atoms in total. The fraction of sp³-hybridized carbons (Fsp3) is 0.333. The van der Waals surface area contributed by atoms with Crippen molar-refractivity contribution in [2.45, 2.75) is 33.1 Å². The number of hydrogen-bond donors (Lipinski definition) is 2. The molecule has 0 saturated carbocycles. The summed E-state index contributed by atoms with van der Waals surface area (Å²) in [4.78, 5) is 12.0. The number of amides is 1. The topological polar surface area (TPSA) is 57.8 Å². The number of aryl methyl sites for hydroxylation is 1. The molecule has 0 atom stereocenters. The maximum atomic E-state index is 12.0. The molecule has 0 spiro atoms. The molecular formula is C15H19N3O. The molecule has 1 aromatic heterocycles. The molecule has 0 aliphatic heterocycles. The van der Waals surface area contributed by atoms with Crippen LogP contribution in [0.2, 0.25) is 0 Å². The molecule has 0 saturated heterocycles. The van der Waals surface area contributed by atoms with E-state index in [9.17, 15) is 4.79 Å². The quantitative estimate of drug-likeness (QED) is 0.867. The number of anilines is 1. The molecule has 0 radical (unpaired) electrons. The molecule has 1 aromatic carbocycles. The van der Waals surface area contributed by atoms with E-state index < -0.39 is 0 Å². The van der Waals surface area contributed by atoms with Crippen LogP contribution in [0.4, 0.5) is 5.82 Å². The Balaban J connectivity index is 2.12. The maximum absolute atomic E-state index is 12.0. The molecule has 1 amide bonds. The zero-order valence-electron chi connectivity index (χ0n) is 11.7. The fourth-order valence-corrected chi connectivity index (χ4v) is 1.79. The zero-order valence-corrected chi connectivity index (χ0v) is 11.7. The molecule has 0 bridgehead atoms. The Bertz CT molecular complexity index is 576. The summed E-state index contributed by atoms with van der Waals surface area (Å²) in [5.74, 6) is 0.398. The zero-order chi connectivity index (χ0) is 14.0. The van der Waals surface area contributed by atoms with Crippen molar-refractivity contribution >= 4 is 11.7 Å². The van der Waals surface area contributed by atoms with Crippen molar-refractivity contribution in [2.75, 3.05) is 5.32 Å². The van der Waals surface area contributed by atoms with Gasteiger partial charge in [0.1, 0.15) is 0 Å². The number of nitrogens with zero attached hydrogens (tertiary/aromatic N) is 1. The third-order valence-electron chi connectivity index (χ3n) is 2.96. The second kappa shape index (κ2) is 4.88. The van der Waals surface area contributed by atoms with Gasteiger partial charge in [0, 0.05) is 17.3 Å². The van der Waals surface area contributed by atoms with Gasteiger partial charge < -0.3 is 5.32 Å². The molecular weight excluding hydrogens is 238 g/mol. The van der Waals surface area contributed by atoms with Gasteiger partial charge in [0.2, 0.25) is 0 Å². The summed E-state index contributed by atoms with van der Waals surface area (Å²) in [5, 5.41) is 9.53. The summed E-state index contributed by atoms with van der Waals surface area (Å²) in [5.41, 5.74) is 2.85. The van der Waals surface area contributed by atoms with Crippen molar-refractivity contribution in [3.8, 4) is 0 Å². The van der Waals surface area contributed by atoms with Crippen molar-refractivity contribution in [2.24, 2.45) is 0 Å². The Labute approximate surface area is 113 Å². The predicted octanol–water partition coefficient (Wildman–Crippen LogP) is 3.27. The summed E-state index contributed by atoms with van der Waals surface area (Å²) < 4.78 is 0. The lowest BCUT2D eigenvalue weighted by molar-refractivity contribution is 0.102. The number of hydrogen-bond acceptors (Lipinski definition) is 2. The fourth-order valence-electron chi connectivity index (χ4n) is 1.79. The van der Waals surface area contributed by atoms with Crippen LogP contribution >= 0.6 is 0 Å². The largest absolute Gasteiger partial charge is 0.305 e. The van der Waals surface area contributed by atoms with Crippen LogP contribution in [0.1, 0.15) is 42.4 Å². The number of carbonyl (C=O) groups excluding carboxylic acids is 1. The normalized spacial score (nSPS) is 11.4. The Hall–Kier alpha value is -2.10. The van der Waals surface area contributed by atoms with E-state index in [0.29, 0.717) is 11.4 Å². The van der Waals surface area contributed by atoms with E-state index in [4.69, 9.17) is 0 Å². The minimum absolute atomic E-state index is 0.0916. The van der Waals surface area contributed by atoms with Crippen LogP contribution in [0.25, 0.3) is 0 Å². The Kier molecular flexibility index (Phi) is 3.42. The minimum Gasteiger partial charge on any atom is -0.305 e. The molecule has 1 heterocycles. The SMILES string of the molecule is Cc1cc(NC(=O)c2ccc(C(C)(C)C)cc2)n[nH]1. The highest BCUT2D eigenvalue weighted by atomic mass is 16.1. The number of aromatic amines is 1. The van der Waals surface area contributed by atoms with Gasteiger partial charge in [0.25, 0.3) is 5.91 Å². The van der Waals surface area contributed by atoms with E-state index in [2.05, 4.69) is 36.3 Å². The van der Waals surface area contributed by atoms with Crippen LogP contribution in [0.3, 0.4) is 0 Å². The first-order valence-corrected chi connectivity index (χ1v) is 6.30. The monoisotopic (exact) mass is 257 g/mol. The summed E-state index contributed by atoms with van der Waals surface area (Å²) >= 11 is 0. The van der Waals surface area contributed by atoms with Crippen LogP contribution in [-0.4, -0.2) is 16.1 Å². The molecule has 0 unspecified atom stereocenters. The average molecular weight is 257 g/mol. The molecule has 2 rings (SSSR count). The number of H-pyrrole nitrogens is 1. The van der Waals surface area contributed by atoms with Gasteiger partial charge in [-0.05, 0) is 30.0 Å². The van der Waals surface area contributed by atoms with Gasteiger partial charge in [0.15, 0.2) is 5.82 Å². The minimum atomic E-state index is -0.146. The number of aromatic nitrogens is 2. The molecule has 100 valence electrons. The second-order valence-corrected chi connectivity index (χ2v) is 5.72. The smallest absolute Gasteiger partial charge is 0.256 e. The Morgan fingerprint density at radius 3 is 2.32 bits per heavy atom. The number of nitrogens with one attached hydrogen (secondary N) is 2. The first kappa shape index (κ1) is 13.3. The van der Waals surface area contributed by atoms with Crippen LogP contribution in [0.15, 0.2) is 30.3 Å². The average Bonchev–Trinajstić information content (AvgIpc) is 2.74. The number of carbonyl (C=O) groups is 1. The van der Waals surface area contributed by atoms with Gasteiger partial charge >= 0.3 is 0 Å². The third kappa shape index (κ3) is 3.22. The highest BCUT2D eigenvalue weighted by Crippen LogP contribution is 2.22. The van der Waals surface area contributed by atoms with E-state index in [0.717, 1.165) is 5.69 Å².